The zero-order valence-electron chi connectivity index (χ0n) is 14.6. The number of aromatic nitrogens is 1. The molecule has 25 heavy (non-hydrogen) atoms. The number of hydrogen-bond acceptors (Lipinski definition) is 5. The Kier molecular flexibility index (Phi) is 4.84. The first-order chi connectivity index (χ1) is 12.1. The SMILES string of the molecule is Cc1cc(Sc2ccc(C(=O)N[C@@H]3C4CCN(CC4)[C@H]3C)s2)ccn1. The molecular weight excluding hydrogens is 350 g/mol. The Labute approximate surface area is 157 Å². The lowest BCUT2D eigenvalue weighted by Crippen LogP contribution is -2.62. The van der Waals surface area contributed by atoms with Crippen molar-refractivity contribution >= 4 is 29.0 Å². The van der Waals surface area contributed by atoms with Crippen LogP contribution in [0.15, 0.2) is 39.6 Å². The van der Waals surface area contributed by atoms with E-state index in [0.717, 1.165) is 19.7 Å². The molecule has 3 aliphatic heterocycles. The number of piperidine rings is 3. The van der Waals surface area contributed by atoms with Gasteiger partial charge in [0, 0.05) is 28.9 Å². The number of fused-ring (bicyclic) bond motifs is 3. The van der Waals surface area contributed by atoms with Crippen molar-refractivity contribution in [3.8, 4) is 0 Å². The van der Waals surface area contributed by atoms with Crippen LogP contribution in [0, 0.1) is 12.8 Å². The third kappa shape index (κ3) is 3.61. The first-order valence-electron chi connectivity index (χ1n) is 8.85. The van der Waals surface area contributed by atoms with Gasteiger partial charge in [0.25, 0.3) is 5.91 Å². The predicted molar refractivity (Wildman–Crippen MR) is 102 cm³/mol. The molecule has 2 atom stereocenters. The lowest BCUT2D eigenvalue weighted by atomic mass is 9.79. The summed E-state index contributed by atoms with van der Waals surface area (Å²) in [5, 5.41) is 3.31. The molecule has 0 saturated carbocycles. The van der Waals surface area contributed by atoms with E-state index in [-0.39, 0.29) is 11.9 Å². The summed E-state index contributed by atoms with van der Waals surface area (Å²) >= 11 is 3.26. The number of nitrogens with one attached hydrogen (secondary N) is 1. The van der Waals surface area contributed by atoms with Crippen LogP contribution in [-0.2, 0) is 0 Å². The Balaban J connectivity index is 1.42. The van der Waals surface area contributed by atoms with Crippen LogP contribution in [0.4, 0.5) is 0 Å². The van der Waals surface area contributed by atoms with Gasteiger partial charge in [-0.15, -0.1) is 11.3 Å². The fourth-order valence-electron chi connectivity index (χ4n) is 3.96. The summed E-state index contributed by atoms with van der Waals surface area (Å²) in [5.74, 6) is 0.714. The Hall–Kier alpha value is -1.37. The van der Waals surface area contributed by atoms with Gasteiger partial charge >= 0.3 is 0 Å². The number of carbonyl (C=O) groups excluding carboxylic acids is 1. The maximum Gasteiger partial charge on any atom is 0.261 e. The molecule has 0 spiro atoms. The molecular formula is C19H23N3OS2. The summed E-state index contributed by atoms with van der Waals surface area (Å²) in [6.45, 7) is 6.61. The van der Waals surface area contributed by atoms with Gasteiger partial charge in [-0.05, 0) is 70.0 Å². The molecule has 4 nitrogen and oxygen atoms in total. The lowest BCUT2D eigenvalue weighted by Gasteiger charge is -2.49. The molecule has 2 bridgehead atoms. The quantitative estimate of drug-likeness (QED) is 0.885. The van der Waals surface area contributed by atoms with Crippen LogP contribution >= 0.6 is 23.1 Å². The number of hydrogen-bond donors (Lipinski definition) is 1. The van der Waals surface area contributed by atoms with E-state index in [1.807, 2.05) is 31.3 Å². The van der Waals surface area contributed by atoms with Gasteiger partial charge in [-0.2, -0.15) is 0 Å². The van der Waals surface area contributed by atoms with E-state index in [9.17, 15) is 4.79 Å². The average molecular weight is 374 g/mol. The molecule has 0 unspecified atom stereocenters. The molecule has 3 aliphatic rings. The van der Waals surface area contributed by atoms with Crippen molar-refractivity contribution in [3.63, 3.8) is 0 Å². The van der Waals surface area contributed by atoms with Crippen LogP contribution < -0.4 is 5.32 Å². The van der Waals surface area contributed by atoms with Crippen LogP contribution in [0.1, 0.15) is 35.1 Å². The number of nitrogens with zero attached hydrogens (tertiary/aromatic N) is 2. The van der Waals surface area contributed by atoms with E-state index in [2.05, 4.69) is 28.2 Å². The van der Waals surface area contributed by atoms with Crippen molar-refractivity contribution in [3.05, 3.63) is 41.0 Å². The summed E-state index contributed by atoms with van der Waals surface area (Å²) in [7, 11) is 0. The van der Waals surface area contributed by atoms with Gasteiger partial charge in [0.2, 0.25) is 0 Å². The van der Waals surface area contributed by atoms with Crippen LogP contribution in [0.2, 0.25) is 0 Å². The molecule has 0 aliphatic carbocycles. The molecule has 0 radical (unpaired) electrons. The molecule has 0 aromatic carbocycles. The van der Waals surface area contributed by atoms with Gasteiger partial charge < -0.3 is 5.32 Å². The standard InChI is InChI=1S/C19H23N3OS2/c1-12-11-15(5-8-20-12)24-17-4-3-16(25-17)19(23)21-18-13(2)22-9-6-14(18)7-10-22/h3-5,8,11,13-14,18H,6-7,9-10H2,1-2H3,(H,21,23)/t13-,18-/m0/s1. The van der Waals surface area contributed by atoms with E-state index in [0.29, 0.717) is 12.0 Å². The molecule has 1 N–H and O–H groups in total. The molecule has 6 heteroatoms. The van der Waals surface area contributed by atoms with E-state index < -0.39 is 0 Å². The van der Waals surface area contributed by atoms with Crippen LogP contribution in [-0.4, -0.2) is 41.0 Å². The molecule has 3 fully saturated rings. The summed E-state index contributed by atoms with van der Waals surface area (Å²) in [6, 6.07) is 8.80. The molecule has 1 amide bonds. The van der Waals surface area contributed by atoms with Crippen molar-refractivity contribution < 1.29 is 4.79 Å². The van der Waals surface area contributed by atoms with Crippen LogP contribution in [0.5, 0.6) is 0 Å². The number of amides is 1. The highest BCUT2D eigenvalue weighted by Crippen LogP contribution is 2.35. The van der Waals surface area contributed by atoms with Crippen molar-refractivity contribution in [1.82, 2.24) is 15.2 Å². The van der Waals surface area contributed by atoms with Gasteiger partial charge in [0.1, 0.15) is 0 Å². The highest BCUT2D eigenvalue weighted by molar-refractivity contribution is 8.01. The van der Waals surface area contributed by atoms with Gasteiger partial charge in [0.15, 0.2) is 0 Å². The monoisotopic (exact) mass is 373 g/mol. The first-order valence-corrected chi connectivity index (χ1v) is 10.5. The Bertz CT molecular complexity index is 766. The zero-order valence-corrected chi connectivity index (χ0v) is 16.2. The fraction of sp³-hybridized carbons (Fsp3) is 0.474. The fourth-order valence-corrected chi connectivity index (χ4v) is 6.06. The molecule has 3 saturated heterocycles. The largest absolute Gasteiger partial charge is 0.347 e. The minimum Gasteiger partial charge on any atom is -0.347 e. The Morgan fingerprint density at radius 2 is 2.12 bits per heavy atom. The second-order valence-corrected chi connectivity index (χ2v) is 9.42. The van der Waals surface area contributed by atoms with E-state index in [1.54, 1.807) is 23.1 Å². The van der Waals surface area contributed by atoms with Crippen LogP contribution in [0.3, 0.4) is 0 Å². The summed E-state index contributed by atoms with van der Waals surface area (Å²) in [5.41, 5.74) is 1.01. The number of carbonyl (C=O) groups is 1. The number of pyridine rings is 1. The van der Waals surface area contributed by atoms with Crippen molar-refractivity contribution in [2.45, 2.75) is 47.9 Å². The minimum atomic E-state index is 0.0772. The topological polar surface area (TPSA) is 45.2 Å². The number of aryl methyl sites for hydroxylation is 1. The number of thiophene rings is 1. The predicted octanol–water partition coefficient (Wildman–Crippen LogP) is 3.82. The second kappa shape index (κ2) is 7.09. The smallest absolute Gasteiger partial charge is 0.261 e. The molecule has 132 valence electrons. The van der Waals surface area contributed by atoms with Crippen molar-refractivity contribution in [2.75, 3.05) is 13.1 Å². The van der Waals surface area contributed by atoms with Crippen molar-refractivity contribution in [1.29, 1.82) is 0 Å². The van der Waals surface area contributed by atoms with Gasteiger partial charge in [-0.3, -0.25) is 14.7 Å². The number of rotatable bonds is 4. The molecule has 5 heterocycles. The maximum absolute atomic E-state index is 12.7. The van der Waals surface area contributed by atoms with Gasteiger partial charge in [-0.1, -0.05) is 11.8 Å². The van der Waals surface area contributed by atoms with E-state index >= 15 is 0 Å². The summed E-state index contributed by atoms with van der Waals surface area (Å²) in [4.78, 5) is 21.4. The Morgan fingerprint density at radius 1 is 1.32 bits per heavy atom. The normalized spacial score (nSPS) is 28.1. The van der Waals surface area contributed by atoms with Gasteiger partial charge in [-0.25, -0.2) is 0 Å². The summed E-state index contributed by atoms with van der Waals surface area (Å²) in [6.07, 6.45) is 4.25. The zero-order chi connectivity index (χ0) is 17.4. The highest BCUT2D eigenvalue weighted by atomic mass is 32.2. The highest BCUT2D eigenvalue weighted by Gasteiger charge is 2.40. The lowest BCUT2D eigenvalue weighted by molar-refractivity contribution is 0.0218. The van der Waals surface area contributed by atoms with E-state index in [4.69, 9.17) is 0 Å². The first kappa shape index (κ1) is 17.1. The maximum atomic E-state index is 12.7. The van der Waals surface area contributed by atoms with Crippen LogP contribution in [0.25, 0.3) is 0 Å². The molecule has 2 aromatic rings. The molecule has 5 rings (SSSR count). The summed E-state index contributed by atoms with van der Waals surface area (Å²) < 4.78 is 1.14. The van der Waals surface area contributed by atoms with E-state index in [1.165, 1.54) is 25.9 Å². The van der Waals surface area contributed by atoms with Crippen molar-refractivity contribution in [2.24, 2.45) is 5.92 Å². The Morgan fingerprint density at radius 3 is 2.84 bits per heavy atom. The average Bonchev–Trinajstić information content (AvgIpc) is 3.07. The third-order valence-corrected chi connectivity index (χ3v) is 7.57. The minimum absolute atomic E-state index is 0.0772. The second-order valence-electron chi connectivity index (χ2n) is 6.97. The van der Waals surface area contributed by atoms with Gasteiger partial charge in [0.05, 0.1) is 9.09 Å². The molecule has 2 aromatic heterocycles. The third-order valence-electron chi connectivity index (χ3n) is 5.37.